The molecule has 1 N–H and O–H groups in total. The van der Waals surface area contributed by atoms with Crippen molar-refractivity contribution < 1.29 is 19.1 Å². The molecule has 1 amide bonds. The summed E-state index contributed by atoms with van der Waals surface area (Å²) in [5.41, 5.74) is 6.68. The number of rotatable bonds is 12. The van der Waals surface area contributed by atoms with E-state index in [1.807, 2.05) is 13.0 Å². The van der Waals surface area contributed by atoms with Crippen LogP contribution in [-0.2, 0) is 27.8 Å². The molecule has 1 unspecified atom stereocenters. The highest BCUT2D eigenvalue weighted by atomic mass is 16.8. The fourth-order valence-electron chi connectivity index (χ4n) is 5.84. The summed E-state index contributed by atoms with van der Waals surface area (Å²) in [4.78, 5) is 32.0. The SMILES string of the molecule is C=C(NOC1CCCCO1)c1cnc(N2CCC(CN(CCc3cn(C)c4cc(OC)ccc34)C(=O)CC)CC2)nc1. The third kappa shape index (κ3) is 7.22. The monoisotopic (exact) mass is 576 g/mol. The molecule has 1 atom stereocenters. The molecule has 0 radical (unpaired) electrons. The molecule has 5 rings (SSSR count). The number of amides is 1. The lowest BCUT2D eigenvalue weighted by atomic mass is 9.96. The molecule has 42 heavy (non-hydrogen) atoms. The molecule has 2 saturated heterocycles. The molecule has 226 valence electrons. The van der Waals surface area contributed by atoms with Crippen LogP contribution in [-0.4, -0.2) is 71.5 Å². The number of aryl methyl sites for hydroxylation is 1. The van der Waals surface area contributed by atoms with Gasteiger partial charge in [-0.1, -0.05) is 13.5 Å². The number of hydrogen-bond donors (Lipinski definition) is 1. The molecular formula is C32H44N6O4. The molecule has 0 bridgehead atoms. The Bertz CT molecular complexity index is 1340. The lowest BCUT2D eigenvalue weighted by Gasteiger charge is -2.35. The summed E-state index contributed by atoms with van der Waals surface area (Å²) < 4.78 is 13.1. The van der Waals surface area contributed by atoms with E-state index < -0.39 is 0 Å². The number of fused-ring (bicyclic) bond motifs is 1. The standard InChI is InChI=1S/C32H44N6O4/c1-5-30(39)38(16-13-25-22-36(3)29-18-27(40-4)9-10-28(25)29)21-24-11-14-37(15-12-24)32-33-19-26(20-34-32)23(2)35-42-31-8-6-7-17-41-31/h9-10,18-20,22,24,31,35H,2,5-8,11-17,21H2,1,3-4H3. The quantitative estimate of drug-likeness (QED) is 0.311. The van der Waals surface area contributed by atoms with Gasteiger partial charge in [0.25, 0.3) is 0 Å². The Morgan fingerprint density at radius 1 is 1.19 bits per heavy atom. The number of ether oxygens (including phenoxy) is 2. The van der Waals surface area contributed by atoms with Crippen molar-refractivity contribution in [2.75, 3.05) is 44.8 Å². The zero-order chi connectivity index (χ0) is 29.5. The van der Waals surface area contributed by atoms with Gasteiger partial charge in [-0.15, -0.1) is 0 Å². The van der Waals surface area contributed by atoms with Crippen LogP contribution >= 0.6 is 0 Å². The summed E-state index contributed by atoms with van der Waals surface area (Å²) in [6, 6.07) is 6.18. The van der Waals surface area contributed by atoms with Gasteiger partial charge in [0, 0.05) is 88.3 Å². The van der Waals surface area contributed by atoms with Crippen LogP contribution in [0.4, 0.5) is 5.95 Å². The molecule has 2 aliphatic heterocycles. The minimum atomic E-state index is -0.247. The van der Waals surface area contributed by atoms with Crippen molar-refractivity contribution >= 4 is 28.5 Å². The second-order valence-corrected chi connectivity index (χ2v) is 11.3. The Morgan fingerprint density at radius 2 is 1.98 bits per heavy atom. The van der Waals surface area contributed by atoms with Gasteiger partial charge in [0.05, 0.1) is 18.3 Å². The van der Waals surface area contributed by atoms with Crippen LogP contribution < -0.4 is 15.1 Å². The normalized spacial score (nSPS) is 17.8. The van der Waals surface area contributed by atoms with E-state index in [9.17, 15) is 4.79 Å². The van der Waals surface area contributed by atoms with Crippen LogP contribution in [0.1, 0.15) is 56.6 Å². The number of benzene rings is 1. The minimum Gasteiger partial charge on any atom is -0.497 e. The molecule has 2 aliphatic rings. The molecule has 2 aromatic heterocycles. The van der Waals surface area contributed by atoms with Crippen molar-refractivity contribution in [1.82, 2.24) is 24.9 Å². The zero-order valence-electron chi connectivity index (χ0n) is 25.2. The highest BCUT2D eigenvalue weighted by Crippen LogP contribution is 2.27. The molecule has 10 heteroatoms. The van der Waals surface area contributed by atoms with Crippen LogP contribution in [0.25, 0.3) is 16.6 Å². The molecule has 10 nitrogen and oxygen atoms in total. The predicted molar refractivity (Wildman–Crippen MR) is 164 cm³/mol. The fraction of sp³-hybridized carbons (Fsp3) is 0.531. The molecule has 0 aliphatic carbocycles. The number of hydrogen-bond acceptors (Lipinski definition) is 8. The van der Waals surface area contributed by atoms with E-state index in [4.69, 9.17) is 14.3 Å². The van der Waals surface area contributed by atoms with Crippen molar-refractivity contribution in [3.63, 3.8) is 0 Å². The van der Waals surface area contributed by atoms with Gasteiger partial charge >= 0.3 is 0 Å². The average Bonchev–Trinajstić information content (AvgIpc) is 3.36. The summed E-state index contributed by atoms with van der Waals surface area (Å²) in [5, 5.41) is 1.21. The number of aromatic nitrogens is 3. The van der Waals surface area contributed by atoms with Crippen molar-refractivity contribution in [2.24, 2.45) is 13.0 Å². The molecule has 3 aromatic rings. The third-order valence-corrected chi connectivity index (χ3v) is 8.40. The second-order valence-electron chi connectivity index (χ2n) is 11.3. The van der Waals surface area contributed by atoms with Gasteiger partial charge < -0.3 is 23.8 Å². The van der Waals surface area contributed by atoms with Gasteiger partial charge in [0.2, 0.25) is 11.9 Å². The predicted octanol–water partition coefficient (Wildman–Crippen LogP) is 4.69. The van der Waals surface area contributed by atoms with Gasteiger partial charge in [-0.2, -0.15) is 0 Å². The van der Waals surface area contributed by atoms with Crippen molar-refractivity contribution in [2.45, 2.75) is 58.2 Å². The second kappa shape index (κ2) is 14.0. The van der Waals surface area contributed by atoms with E-state index in [1.54, 1.807) is 19.5 Å². The first-order chi connectivity index (χ1) is 20.4. The Morgan fingerprint density at radius 3 is 2.67 bits per heavy atom. The van der Waals surface area contributed by atoms with Crippen molar-refractivity contribution in [3.8, 4) is 5.75 Å². The number of anilines is 1. The smallest absolute Gasteiger partial charge is 0.225 e. The van der Waals surface area contributed by atoms with Gasteiger partial charge in [-0.3, -0.25) is 10.3 Å². The van der Waals surface area contributed by atoms with Gasteiger partial charge in [-0.25, -0.2) is 14.8 Å². The molecule has 1 aromatic carbocycles. The molecule has 4 heterocycles. The highest BCUT2D eigenvalue weighted by molar-refractivity contribution is 5.85. The first-order valence-electron chi connectivity index (χ1n) is 15.1. The van der Waals surface area contributed by atoms with E-state index in [0.29, 0.717) is 18.0 Å². The minimum absolute atomic E-state index is 0.214. The zero-order valence-corrected chi connectivity index (χ0v) is 25.2. The fourth-order valence-corrected chi connectivity index (χ4v) is 5.84. The number of carbonyl (C=O) groups is 1. The molecule has 0 spiro atoms. The largest absolute Gasteiger partial charge is 0.497 e. The van der Waals surface area contributed by atoms with Gasteiger partial charge in [-0.05, 0) is 55.7 Å². The maximum absolute atomic E-state index is 12.9. The summed E-state index contributed by atoms with van der Waals surface area (Å²) in [6.07, 6.45) is 11.9. The molecule has 2 fully saturated rings. The van der Waals surface area contributed by atoms with E-state index in [0.717, 1.165) is 94.1 Å². The average molecular weight is 577 g/mol. The Labute approximate surface area is 248 Å². The van der Waals surface area contributed by atoms with Crippen LogP contribution in [0, 0.1) is 5.92 Å². The third-order valence-electron chi connectivity index (χ3n) is 8.40. The van der Waals surface area contributed by atoms with E-state index in [-0.39, 0.29) is 12.2 Å². The highest BCUT2D eigenvalue weighted by Gasteiger charge is 2.25. The van der Waals surface area contributed by atoms with Crippen molar-refractivity contribution in [1.29, 1.82) is 0 Å². The van der Waals surface area contributed by atoms with Gasteiger partial charge in [0.1, 0.15) is 5.75 Å². The number of hydroxylamine groups is 1. The number of nitrogens with one attached hydrogen (secondary N) is 1. The first kappa shape index (κ1) is 29.8. The lowest BCUT2D eigenvalue weighted by Crippen LogP contribution is -2.42. The topological polar surface area (TPSA) is 94.0 Å². The van der Waals surface area contributed by atoms with Crippen LogP contribution in [0.5, 0.6) is 5.75 Å². The van der Waals surface area contributed by atoms with E-state index in [1.165, 1.54) is 10.9 Å². The van der Waals surface area contributed by atoms with Gasteiger partial charge in [0.15, 0.2) is 6.29 Å². The number of methoxy groups -OCH3 is 1. The maximum atomic E-state index is 12.9. The number of nitrogens with zero attached hydrogens (tertiary/aromatic N) is 5. The lowest BCUT2D eigenvalue weighted by molar-refractivity contribution is -0.184. The first-order valence-corrected chi connectivity index (χ1v) is 15.1. The van der Waals surface area contributed by atoms with Crippen LogP contribution in [0.2, 0.25) is 0 Å². The van der Waals surface area contributed by atoms with E-state index in [2.05, 4.69) is 61.8 Å². The Hall–Kier alpha value is -3.63. The summed E-state index contributed by atoms with van der Waals surface area (Å²) in [7, 11) is 3.74. The molecular weight excluding hydrogens is 532 g/mol. The van der Waals surface area contributed by atoms with Crippen molar-refractivity contribution in [3.05, 3.63) is 54.5 Å². The number of piperidine rings is 1. The van der Waals surface area contributed by atoms with Crippen LogP contribution in [0.15, 0.2) is 43.4 Å². The van der Waals surface area contributed by atoms with Crippen LogP contribution in [0.3, 0.4) is 0 Å². The molecule has 0 saturated carbocycles. The number of carbonyl (C=O) groups excluding carboxylic acids is 1. The Balaban J connectivity index is 1.11. The van der Waals surface area contributed by atoms with E-state index >= 15 is 0 Å². The summed E-state index contributed by atoms with van der Waals surface area (Å²) >= 11 is 0. The summed E-state index contributed by atoms with van der Waals surface area (Å²) in [6.45, 7) is 9.95. The maximum Gasteiger partial charge on any atom is 0.225 e. The Kier molecular flexibility index (Phi) is 9.97. The summed E-state index contributed by atoms with van der Waals surface area (Å²) in [5.74, 6) is 2.24.